The number of unbranched alkanes of at least 4 members (excludes halogenated alkanes) is 13. The van der Waals surface area contributed by atoms with Crippen LogP contribution in [0.4, 0.5) is 0 Å². The van der Waals surface area contributed by atoms with Crippen molar-refractivity contribution in [1.82, 2.24) is 5.32 Å². The van der Waals surface area contributed by atoms with Gasteiger partial charge in [-0.05, 0) is 70.6 Å². The summed E-state index contributed by atoms with van der Waals surface area (Å²) in [7, 11) is 0. The number of aliphatic hydroxyl groups is 3. The van der Waals surface area contributed by atoms with Crippen LogP contribution in [0.15, 0.2) is 36.5 Å². The van der Waals surface area contributed by atoms with Gasteiger partial charge in [-0.1, -0.05) is 102 Å². The normalized spacial score (nSPS) is 14.6. The molecule has 0 aliphatic rings. The minimum absolute atomic E-state index is 0.199. The van der Waals surface area contributed by atoms with Crippen LogP contribution in [-0.2, 0) is 4.79 Å². The number of allylic oxidation sites excluding steroid dienone is 6. The Morgan fingerprint density at radius 2 is 1.08 bits per heavy atom. The fourth-order valence-electron chi connectivity index (χ4n) is 4.41. The standard InChI is InChI=1S/C33H61NO4/c1-3-5-7-9-11-13-14-15-16-17-18-20-21-23-25-27-31(36)33(38)30(29-35)34-32(37)28-26-24-22-19-12-10-8-6-4-2/h15-16,19-22,30-31,33,35-36,38H,3-14,17-18,23-29H2,1-2H3,(H,34,37)/b16-15+,21-20+,22-19-. The fourth-order valence-corrected chi connectivity index (χ4v) is 4.41. The van der Waals surface area contributed by atoms with Gasteiger partial charge in [-0.2, -0.15) is 0 Å². The van der Waals surface area contributed by atoms with Gasteiger partial charge in [-0.15, -0.1) is 0 Å². The molecule has 0 saturated carbocycles. The zero-order valence-corrected chi connectivity index (χ0v) is 24.8. The van der Waals surface area contributed by atoms with E-state index in [4.69, 9.17) is 0 Å². The minimum Gasteiger partial charge on any atom is -0.394 e. The average Bonchev–Trinajstić information content (AvgIpc) is 2.92. The molecule has 38 heavy (non-hydrogen) atoms. The molecule has 0 saturated heterocycles. The highest BCUT2D eigenvalue weighted by Gasteiger charge is 2.26. The maximum atomic E-state index is 12.2. The van der Waals surface area contributed by atoms with E-state index in [-0.39, 0.29) is 5.91 Å². The van der Waals surface area contributed by atoms with E-state index in [9.17, 15) is 20.1 Å². The van der Waals surface area contributed by atoms with E-state index in [0.717, 1.165) is 44.9 Å². The number of amides is 1. The van der Waals surface area contributed by atoms with Gasteiger partial charge >= 0.3 is 0 Å². The topological polar surface area (TPSA) is 89.8 Å². The highest BCUT2D eigenvalue weighted by atomic mass is 16.3. The van der Waals surface area contributed by atoms with E-state index in [1.165, 1.54) is 70.6 Å². The molecule has 1 amide bonds. The number of carbonyl (C=O) groups excluding carboxylic acids is 1. The monoisotopic (exact) mass is 535 g/mol. The number of carbonyl (C=O) groups is 1. The molecular formula is C33H61NO4. The second kappa shape index (κ2) is 28.6. The first-order valence-corrected chi connectivity index (χ1v) is 15.8. The second-order valence-electron chi connectivity index (χ2n) is 10.6. The lowest BCUT2D eigenvalue weighted by molar-refractivity contribution is -0.124. The summed E-state index contributed by atoms with van der Waals surface area (Å²) in [6.07, 6.45) is 32.4. The highest BCUT2D eigenvalue weighted by molar-refractivity contribution is 5.76. The second-order valence-corrected chi connectivity index (χ2v) is 10.6. The Balaban J connectivity index is 3.88. The molecule has 4 N–H and O–H groups in total. The molecule has 3 atom stereocenters. The van der Waals surface area contributed by atoms with Crippen LogP contribution >= 0.6 is 0 Å². The maximum absolute atomic E-state index is 12.2. The molecule has 0 spiro atoms. The molecule has 0 aromatic heterocycles. The number of rotatable bonds is 27. The lowest BCUT2D eigenvalue weighted by atomic mass is 10.0. The van der Waals surface area contributed by atoms with Gasteiger partial charge in [0.05, 0.1) is 18.8 Å². The Morgan fingerprint density at radius 3 is 1.63 bits per heavy atom. The largest absolute Gasteiger partial charge is 0.394 e. The first-order valence-electron chi connectivity index (χ1n) is 15.8. The van der Waals surface area contributed by atoms with E-state index < -0.39 is 24.9 Å². The molecule has 0 fully saturated rings. The molecule has 0 bridgehead atoms. The van der Waals surface area contributed by atoms with Crippen molar-refractivity contribution in [2.24, 2.45) is 0 Å². The maximum Gasteiger partial charge on any atom is 0.220 e. The van der Waals surface area contributed by atoms with E-state index in [0.29, 0.717) is 12.8 Å². The Kier molecular flexibility index (Phi) is 27.5. The van der Waals surface area contributed by atoms with E-state index >= 15 is 0 Å². The van der Waals surface area contributed by atoms with Crippen LogP contribution in [-0.4, -0.2) is 46.1 Å². The summed E-state index contributed by atoms with van der Waals surface area (Å²) in [6, 6.07) is -0.842. The Hall–Kier alpha value is -1.43. The van der Waals surface area contributed by atoms with E-state index in [1.54, 1.807) is 0 Å². The number of hydrogen-bond donors (Lipinski definition) is 4. The smallest absolute Gasteiger partial charge is 0.220 e. The third-order valence-electron chi connectivity index (χ3n) is 6.94. The lowest BCUT2D eigenvalue weighted by Crippen LogP contribution is -2.50. The van der Waals surface area contributed by atoms with Gasteiger partial charge in [0.2, 0.25) is 5.91 Å². The number of hydrogen-bond acceptors (Lipinski definition) is 4. The van der Waals surface area contributed by atoms with Crippen molar-refractivity contribution in [1.29, 1.82) is 0 Å². The fraction of sp³-hybridized carbons (Fsp3) is 0.788. The van der Waals surface area contributed by atoms with Crippen LogP contribution in [0.1, 0.15) is 142 Å². The van der Waals surface area contributed by atoms with E-state index in [1.807, 2.05) is 0 Å². The minimum atomic E-state index is -1.17. The van der Waals surface area contributed by atoms with Gasteiger partial charge in [-0.3, -0.25) is 4.79 Å². The van der Waals surface area contributed by atoms with Crippen LogP contribution in [0.3, 0.4) is 0 Å². The Bertz CT molecular complexity index is 602. The molecule has 222 valence electrons. The van der Waals surface area contributed by atoms with Gasteiger partial charge in [0.1, 0.15) is 6.10 Å². The van der Waals surface area contributed by atoms with Crippen molar-refractivity contribution >= 4 is 5.91 Å². The molecule has 0 aromatic rings. The van der Waals surface area contributed by atoms with Crippen molar-refractivity contribution in [2.45, 2.75) is 161 Å². The highest BCUT2D eigenvalue weighted by Crippen LogP contribution is 2.11. The molecule has 0 aliphatic heterocycles. The zero-order chi connectivity index (χ0) is 28.1. The average molecular weight is 536 g/mol. The van der Waals surface area contributed by atoms with Gasteiger partial charge in [0, 0.05) is 6.42 Å². The summed E-state index contributed by atoms with van der Waals surface area (Å²) in [4.78, 5) is 12.2. The molecule has 0 rings (SSSR count). The summed E-state index contributed by atoms with van der Waals surface area (Å²) < 4.78 is 0. The zero-order valence-electron chi connectivity index (χ0n) is 24.8. The first-order chi connectivity index (χ1) is 18.6. The predicted octanol–water partition coefficient (Wildman–Crippen LogP) is 7.70. The number of nitrogens with one attached hydrogen (secondary N) is 1. The van der Waals surface area contributed by atoms with Crippen molar-refractivity contribution in [2.75, 3.05) is 6.61 Å². The molecule has 5 heteroatoms. The summed E-state index contributed by atoms with van der Waals surface area (Å²) in [5.41, 5.74) is 0. The van der Waals surface area contributed by atoms with Crippen molar-refractivity contribution < 1.29 is 20.1 Å². The molecule has 3 unspecified atom stereocenters. The van der Waals surface area contributed by atoms with Crippen LogP contribution in [0, 0.1) is 0 Å². The predicted molar refractivity (Wildman–Crippen MR) is 162 cm³/mol. The SMILES string of the molecule is CCCCCC/C=C\CCCC(=O)NC(CO)C(O)C(O)CCC/C=C/CC/C=C/CCCCCCCC. The quantitative estimate of drug-likeness (QED) is 0.0641. The third-order valence-corrected chi connectivity index (χ3v) is 6.94. The van der Waals surface area contributed by atoms with Gasteiger partial charge < -0.3 is 20.6 Å². The van der Waals surface area contributed by atoms with Crippen LogP contribution in [0.5, 0.6) is 0 Å². The van der Waals surface area contributed by atoms with Crippen molar-refractivity contribution in [3.05, 3.63) is 36.5 Å². The van der Waals surface area contributed by atoms with Crippen molar-refractivity contribution in [3.63, 3.8) is 0 Å². The number of aliphatic hydroxyl groups excluding tert-OH is 3. The Morgan fingerprint density at radius 1 is 0.632 bits per heavy atom. The summed E-state index contributed by atoms with van der Waals surface area (Å²) in [5.74, 6) is -0.199. The first kappa shape index (κ1) is 36.6. The van der Waals surface area contributed by atoms with Crippen molar-refractivity contribution in [3.8, 4) is 0 Å². The van der Waals surface area contributed by atoms with Crippen LogP contribution < -0.4 is 5.32 Å². The summed E-state index contributed by atoms with van der Waals surface area (Å²) in [6.45, 7) is 4.06. The van der Waals surface area contributed by atoms with Crippen LogP contribution in [0.2, 0.25) is 0 Å². The Labute approximate surface area is 234 Å². The van der Waals surface area contributed by atoms with Gasteiger partial charge in [0.25, 0.3) is 0 Å². The molecule has 0 heterocycles. The summed E-state index contributed by atoms with van der Waals surface area (Å²) in [5, 5.41) is 33.0. The van der Waals surface area contributed by atoms with E-state index in [2.05, 4.69) is 55.6 Å². The molecule has 0 aromatic carbocycles. The molecular weight excluding hydrogens is 474 g/mol. The van der Waals surface area contributed by atoms with Gasteiger partial charge in [0.15, 0.2) is 0 Å². The van der Waals surface area contributed by atoms with Crippen LogP contribution in [0.25, 0.3) is 0 Å². The van der Waals surface area contributed by atoms with Gasteiger partial charge in [-0.25, -0.2) is 0 Å². The lowest BCUT2D eigenvalue weighted by Gasteiger charge is -2.26. The molecule has 0 aliphatic carbocycles. The molecule has 0 radical (unpaired) electrons. The molecule has 5 nitrogen and oxygen atoms in total. The third kappa shape index (κ3) is 23.7. The summed E-state index contributed by atoms with van der Waals surface area (Å²) >= 11 is 0.